The van der Waals surface area contributed by atoms with Crippen molar-refractivity contribution in [3.63, 3.8) is 0 Å². The fourth-order valence-corrected chi connectivity index (χ4v) is 2.29. The first-order chi connectivity index (χ1) is 12.0. The largest absolute Gasteiger partial charge is 0.450 e. The molecule has 1 N–H and O–H groups in total. The van der Waals surface area contributed by atoms with Crippen molar-refractivity contribution in [1.82, 2.24) is 9.78 Å². The van der Waals surface area contributed by atoms with Crippen LogP contribution in [0.3, 0.4) is 0 Å². The number of benzene rings is 1. The molecule has 1 aromatic carbocycles. The summed E-state index contributed by atoms with van der Waals surface area (Å²) in [6, 6.07) is 2.11. The van der Waals surface area contributed by atoms with Gasteiger partial charge in [0.15, 0.2) is 0 Å². The fraction of sp³-hybridized carbons (Fsp3) is 0.267. The van der Waals surface area contributed by atoms with Crippen LogP contribution in [0.25, 0.3) is 11.3 Å². The molecule has 1 heterocycles. The van der Waals surface area contributed by atoms with Crippen molar-refractivity contribution in [2.24, 2.45) is 7.05 Å². The third-order valence-electron chi connectivity index (χ3n) is 3.21. The molecule has 0 aliphatic heterocycles. The molecule has 6 nitrogen and oxygen atoms in total. The molecule has 11 heteroatoms. The molecule has 0 atom stereocenters. The zero-order chi connectivity index (χ0) is 19.6. The van der Waals surface area contributed by atoms with Crippen molar-refractivity contribution >= 4 is 23.4 Å². The molecule has 0 aliphatic rings. The number of alkyl halides is 3. The van der Waals surface area contributed by atoms with E-state index in [0.717, 1.165) is 19.2 Å². The van der Waals surface area contributed by atoms with E-state index in [1.165, 1.54) is 0 Å². The average Bonchev–Trinajstić information content (AvgIpc) is 2.51. The third kappa shape index (κ3) is 4.13. The van der Waals surface area contributed by atoms with Crippen LogP contribution < -0.4 is 10.7 Å². The van der Waals surface area contributed by atoms with Crippen LogP contribution in [0.4, 0.5) is 28.0 Å². The van der Waals surface area contributed by atoms with Gasteiger partial charge in [-0.25, -0.2) is 9.18 Å². The summed E-state index contributed by atoms with van der Waals surface area (Å²) in [5.41, 5.74) is -3.51. The summed E-state index contributed by atoms with van der Waals surface area (Å²) in [6.07, 6.45) is -5.67. The van der Waals surface area contributed by atoms with E-state index in [4.69, 9.17) is 11.6 Å². The topological polar surface area (TPSA) is 73.2 Å². The number of ether oxygens (including phenoxy) is 1. The smallest absolute Gasteiger partial charge is 0.433 e. The normalized spacial score (nSPS) is 11.3. The monoisotopic (exact) mass is 393 g/mol. The maximum absolute atomic E-state index is 14.2. The number of amides is 1. The predicted octanol–water partition coefficient (Wildman–Crippen LogP) is 3.83. The van der Waals surface area contributed by atoms with E-state index in [0.29, 0.717) is 10.7 Å². The zero-order valence-corrected chi connectivity index (χ0v) is 14.2. The molecule has 26 heavy (non-hydrogen) atoms. The number of carbonyl (C=O) groups is 1. The number of hydrogen-bond acceptors (Lipinski definition) is 4. The number of aryl methyl sites for hydroxylation is 1. The highest BCUT2D eigenvalue weighted by molar-refractivity contribution is 6.33. The minimum Gasteiger partial charge on any atom is -0.450 e. The molecule has 0 saturated heterocycles. The Morgan fingerprint density at radius 2 is 2.00 bits per heavy atom. The van der Waals surface area contributed by atoms with Crippen LogP contribution in [0.2, 0.25) is 5.02 Å². The lowest BCUT2D eigenvalue weighted by Gasteiger charge is -2.13. The van der Waals surface area contributed by atoms with Gasteiger partial charge in [0, 0.05) is 18.7 Å². The molecule has 0 aliphatic carbocycles. The Balaban J connectivity index is 2.57. The van der Waals surface area contributed by atoms with Gasteiger partial charge >= 0.3 is 12.3 Å². The molecule has 1 aromatic heterocycles. The quantitative estimate of drug-likeness (QED) is 0.804. The summed E-state index contributed by atoms with van der Waals surface area (Å²) in [4.78, 5) is 23.5. The van der Waals surface area contributed by atoms with Gasteiger partial charge in [0.2, 0.25) is 5.43 Å². The molecule has 0 unspecified atom stereocenters. The maximum Gasteiger partial charge on any atom is 0.433 e. The standard InChI is InChI=1S/C15H12ClF4N3O3/c1-3-26-14(25)21-10-4-7(9(17)5-8(10)16)13-11(24)6-12(15(18,19)20)23(2)22-13/h4-6H,3H2,1-2H3,(H,21,25). The second-order valence-electron chi connectivity index (χ2n) is 5.02. The summed E-state index contributed by atoms with van der Waals surface area (Å²) in [5, 5.41) is 5.56. The van der Waals surface area contributed by atoms with Crippen molar-refractivity contribution in [2.75, 3.05) is 11.9 Å². The van der Waals surface area contributed by atoms with Crippen molar-refractivity contribution in [3.8, 4) is 11.3 Å². The van der Waals surface area contributed by atoms with Gasteiger partial charge in [-0.3, -0.25) is 14.8 Å². The molecular weight excluding hydrogens is 382 g/mol. The Morgan fingerprint density at radius 1 is 1.35 bits per heavy atom. The minimum absolute atomic E-state index is 0.0680. The van der Waals surface area contributed by atoms with E-state index < -0.39 is 40.5 Å². The highest BCUT2D eigenvalue weighted by atomic mass is 35.5. The highest BCUT2D eigenvalue weighted by Gasteiger charge is 2.34. The SMILES string of the molecule is CCOC(=O)Nc1cc(-c2nn(C)c(C(F)(F)F)cc2=O)c(F)cc1Cl. The van der Waals surface area contributed by atoms with Crippen molar-refractivity contribution < 1.29 is 27.1 Å². The van der Waals surface area contributed by atoms with Gasteiger partial charge in [-0.15, -0.1) is 0 Å². The molecule has 0 fully saturated rings. The fourth-order valence-electron chi connectivity index (χ4n) is 2.09. The van der Waals surface area contributed by atoms with Crippen LogP contribution in [-0.2, 0) is 18.0 Å². The van der Waals surface area contributed by atoms with Crippen molar-refractivity contribution in [1.29, 1.82) is 0 Å². The number of anilines is 1. The van der Waals surface area contributed by atoms with Gasteiger partial charge in [0.05, 0.1) is 17.3 Å². The van der Waals surface area contributed by atoms with E-state index in [9.17, 15) is 27.2 Å². The Bertz CT molecular complexity index is 912. The summed E-state index contributed by atoms with van der Waals surface area (Å²) >= 11 is 5.83. The first kappa shape index (κ1) is 19.7. The van der Waals surface area contributed by atoms with Gasteiger partial charge in [0.1, 0.15) is 17.2 Å². The van der Waals surface area contributed by atoms with Gasteiger partial charge in [-0.2, -0.15) is 18.3 Å². The molecule has 2 aromatic rings. The Morgan fingerprint density at radius 3 is 2.58 bits per heavy atom. The van der Waals surface area contributed by atoms with E-state index in [-0.39, 0.29) is 17.3 Å². The highest BCUT2D eigenvalue weighted by Crippen LogP contribution is 2.31. The average molecular weight is 394 g/mol. The van der Waals surface area contributed by atoms with Crippen LogP contribution in [0.15, 0.2) is 23.0 Å². The Kier molecular flexibility index (Phi) is 5.55. The molecule has 140 valence electrons. The summed E-state index contributed by atoms with van der Waals surface area (Å²) in [5.74, 6) is -0.992. The first-order valence-corrected chi connectivity index (χ1v) is 7.51. The van der Waals surface area contributed by atoms with Crippen LogP contribution in [0.1, 0.15) is 12.6 Å². The number of halogens is 5. The van der Waals surface area contributed by atoms with Crippen LogP contribution >= 0.6 is 11.6 Å². The zero-order valence-electron chi connectivity index (χ0n) is 13.4. The van der Waals surface area contributed by atoms with E-state index in [1.807, 2.05) is 0 Å². The minimum atomic E-state index is -4.80. The summed E-state index contributed by atoms with van der Waals surface area (Å²) in [7, 11) is 0.970. The number of aromatic nitrogens is 2. The molecule has 0 bridgehead atoms. The van der Waals surface area contributed by atoms with E-state index in [2.05, 4.69) is 15.2 Å². The first-order valence-electron chi connectivity index (χ1n) is 7.13. The lowest BCUT2D eigenvalue weighted by atomic mass is 10.1. The van der Waals surface area contributed by atoms with Crippen molar-refractivity contribution in [2.45, 2.75) is 13.1 Å². The lowest BCUT2D eigenvalue weighted by Crippen LogP contribution is -2.23. The Hall–Kier alpha value is -2.62. The maximum atomic E-state index is 14.2. The summed E-state index contributed by atoms with van der Waals surface area (Å²) in [6.45, 7) is 1.63. The molecule has 0 spiro atoms. The number of rotatable bonds is 3. The van der Waals surface area contributed by atoms with Crippen LogP contribution in [0.5, 0.6) is 0 Å². The van der Waals surface area contributed by atoms with Gasteiger partial charge in [0.25, 0.3) is 0 Å². The number of carbonyl (C=O) groups excluding carboxylic acids is 1. The predicted molar refractivity (Wildman–Crippen MR) is 85.5 cm³/mol. The van der Waals surface area contributed by atoms with Gasteiger partial charge in [-0.05, 0) is 19.1 Å². The molecular formula is C15H12ClF4N3O3. The summed E-state index contributed by atoms with van der Waals surface area (Å²) < 4.78 is 57.8. The Labute approximate surface area is 149 Å². The van der Waals surface area contributed by atoms with E-state index >= 15 is 0 Å². The second-order valence-corrected chi connectivity index (χ2v) is 5.43. The van der Waals surface area contributed by atoms with Crippen LogP contribution in [0, 0.1) is 5.82 Å². The molecule has 0 radical (unpaired) electrons. The van der Waals surface area contributed by atoms with Gasteiger partial charge < -0.3 is 4.74 Å². The van der Waals surface area contributed by atoms with E-state index in [1.54, 1.807) is 6.92 Å². The second kappa shape index (κ2) is 7.32. The van der Waals surface area contributed by atoms with Crippen molar-refractivity contribution in [3.05, 3.63) is 45.0 Å². The molecule has 1 amide bonds. The number of nitrogens with one attached hydrogen (secondary N) is 1. The molecule has 2 rings (SSSR count). The molecule has 0 saturated carbocycles. The third-order valence-corrected chi connectivity index (χ3v) is 3.53. The lowest BCUT2D eigenvalue weighted by molar-refractivity contribution is -0.144. The number of hydrogen-bond donors (Lipinski definition) is 1. The van der Waals surface area contributed by atoms with Crippen LogP contribution in [-0.4, -0.2) is 22.5 Å². The van der Waals surface area contributed by atoms with Gasteiger partial charge in [-0.1, -0.05) is 11.6 Å². The number of nitrogens with zero attached hydrogens (tertiary/aromatic N) is 2.